The second-order valence-corrected chi connectivity index (χ2v) is 5.79. The van der Waals surface area contributed by atoms with Crippen LogP contribution in [-0.2, 0) is 11.3 Å². The van der Waals surface area contributed by atoms with E-state index in [1.165, 1.54) is 0 Å². The average molecular weight is 319 g/mol. The molecule has 126 valence electrons. The number of hydrogen-bond acceptors (Lipinski definition) is 3. The Morgan fingerprint density at radius 3 is 2.83 bits per heavy atom. The van der Waals surface area contributed by atoms with Gasteiger partial charge in [0.2, 0.25) is 0 Å². The maximum absolute atomic E-state index is 12.5. The van der Waals surface area contributed by atoms with Crippen molar-refractivity contribution in [3.05, 3.63) is 23.8 Å². The molecule has 0 aliphatic carbocycles. The fraction of sp³-hybridized carbons (Fsp3) is 0.529. The highest BCUT2D eigenvalue weighted by molar-refractivity contribution is 5.89. The van der Waals surface area contributed by atoms with Gasteiger partial charge in [0.05, 0.1) is 0 Å². The Balaban J connectivity index is 2.27. The fourth-order valence-electron chi connectivity index (χ4n) is 2.56. The summed E-state index contributed by atoms with van der Waals surface area (Å²) in [5.41, 5.74) is 1.58. The van der Waals surface area contributed by atoms with Gasteiger partial charge >= 0.3 is 6.03 Å². The van der Waals surface area contributed by atoms with Crippen LogP contribution in [0, 0.1) is 0 Å². The van der Waals surface area contributed by atoms with E-state index in [0.717, 1.165) is 12.0 Å². The lowest BCUT2D eigenvalue weighted by Crippen LogP contribution is -2.42. The molecule has 6 nitrogen and oxygen atoms in total. The van der Waals surface area contributed by atoms with E-state index in [4.69, 9.17) is 4.74 Å². The van der Waals surface area contributed by atoms with Crippen molar-refractivity contribution in [2.45, 2.75) is 52.8 Å². The molecule has 1 aliphatic rings. The Bertz CT molecular complexity index is 588. The van der Waals surface area contributed by atoms with Crippen molar-refractivity contribution in [2.75, 3.05) is 11.9 Å². The number of nitrogens with one attached hydrogen (secondary N) is 2. The lowest BCUT2D eigenvalue weighted by molar-refractivity contribution is -0.139. The maximum atomic E-state index is 12.5. The summed E-state index contributed by atoms with van der Waals surface area (Å²) in [6, 6.07) is 5.35. The minimum absolute atomic E-state index is 0.00575. The molecule has 2 N–H and O–H groups in total. The summed E-state index contributed by atoms with van der Waals surface area (Å²) in [7, 11) is 0. The van der Waals surface area contributed by atoms with E-state index < -0.39 is 6.10 Å². The van der Waals surface area contributed by atoms with Crippen LogP contribution in [0.25, 0.3) is 0 Å². The largest absolute Gasteiger partial charge is 0.481 e. The molecule has 0 bridgehead atoms. The van der Waals surface area contributed by atoms with Crippen molar-refractivity contribution in [1.29, 1.82) is 0 Å². The fourth-order valence-corrected chi connectivity index (χ4v) is 2.56. The van der Waals surface area contributed by atoms with Gasteiger partial charge in [0, 0.05) is 30.4 Å². The Kier molecular flexibility index (Phi) is 5.47. The smallest absolute Gasteiger partial charge is 0.319 e. The zero-order valence-electron chi connectivity index (χ0n) is 14.2. The van der Waals surface area contributed by atoms with Gasteiger partial charge in [-0.1, -0.05) is 6.92 Å². The molecule has 0 radical (unpaired) electrons. The molecule has 1 aromatic carbocycles. The Labute approximate surface area is 137 Å². The van der Waals surface area contributed by atoms with Crippen LogP contribution in [0.3, 0.4) is 0 Å². The van der Waals surface area contributed by atoms with Crippen LogP contribution in [0.5, 0.6) is 5.75 Å². The highest BCUT2D eigenvalue weighted by Gasteiger charge is 2.30. The molecule has 0 saturated carbocycles. The van der Waals surface area contributed by atoms with Gasteiger partial charge in [0.15, 0.2) is 6.10 Å². The van der Waals surface area contributed by atoms with E-state index in [1.54, 1.807) is 19.1 Å². The molecule has 0 saturated heterocycles. The number of carbonyl (C=O) groups is 2. The van der Waals surface area contributed by atoms with Gasteiger partial charge in [-0.25, -0.2) is 4.79 Å². The van der Waals surface area contributed by atoms with Gasteiger partial charge in [-0.05, 0) is 45.4 Å². The lowest BCUT2D eigenvalue weighted by Gasteiger charge is -2.28. The normalized spacial score (nSPS) is 18.5. The van der Waals surface area contributed by atoms with Crippen molar-refractivity contribution < 1.29 is 14.3 Å². The van der Waals surface area contributed by atoms with Crippen molar-refractivity contribution >= 4 is 17.6 Å². The number of fused-ring (bicyclic) bond motifs is 1. The number of anilines is 1. The minimum atomic E-state index is -0.507. The van der Waals surface area contributed by atoms with Crippen LogP contribution in [-0.4, -0.2) is 35.5 Å². The summed E-state index contributed by atoms with van der Waals surface area (Å²) in [4.78, 5) is 26.0. The van der Waals surface area contributed by atoms with Crippen LogP contribution in [0.4, 0.5) is 10.5 Å². The van der Waals surface area contributed by atoms with E-state index in [9.17, 15) is 9.59 Å². The number of benzene rings is 1. The molecule has 0 aromatic heterocycles. The molecule has 2 unspecified atom stereocenters. The number of rotatable bonds is 4. The summed E-state index contributed by atoms with van der Waals surface area (Å²) in [5, 5.41) is 5.48. The zero-order chi connectivity index (χ0) is 17.0. The zero-order valence-corrected chi connectivity index (χ0v) is 14.2. The molecule has 1 aliphatic heterocycles. The number of ether oxygens (including phenoxy) is 1. The van der Waals surface area contributed by atoms with Crippen molar-refractivity contribution in [3.8, 4) is 5.75 Å². The predicted molar refractivity (Wildman–Crippen MR) is 89.5 cm³/mol. The third-order valence-corrected chi connectivity index (χ3v) is 4.05. The summed E-state index contributed by atoms with van der Waals surface area (Å²) >= 11 is 0. The highest BCUT2D eigenvalue weighted by Crippen LogP contribution is 2.29. The molecule has 2 rings (SSSR count). The van der Waals surface area contributed by atoms with E-state index in [2.05, 4.69) is 17.6 Å². The first-order valence-corrected chi connectivity index (χ1v) is 8.11. The van der Waals surface area contributed by atoms with Crippen LogP contribution < -0.4 is 15.4 Å². The molecule has 1 heterocycles. The third-order valence-electron chi connectivity index (χ3n) is 4.05. The van der Waals surface area contributed by atoms with Gasteiger partial charge in [0.25, 0.3) is 5.91 Å². The monoisotopic (exact) mass is 319 g/mol. The first-order valence-electron chi connectivity index (χ1n) is 8.11. The molecule has 6 heteroatoms. The van der Waals surface area contributed by atoms with Gasteiger partial charge in [-0.15, -0.1) is 0 Å². The molecule has 0 fully saturated rings. The molecule has 23 heavy (non-hydrogen) atoms. The van der Waals surface area contributed by atoms with E-state index in [-0.39, 0.29) is 18.0 Å². The Morgan fingerprint density at radius 2 is 2.17 bits per heavy atom. The van der Waals surface area contributed by atoms with Crippen LogP contribution >= 0.6 is 0 Å². The molecular weight excluding hydrogens is 294 g/mol. The quantitative estimate of drug-likeness (QED) is 0.896. The first kappa shape index (κ1) is 17.1. The van der Waals surface area contributed by atoms with Crippen LogP contribution in [0.15, 0.2) is 18.2 Å². The van der Waals surface area contributed by atoms with Crippen molar-refractivity contribution in [3.63, 3.8) is 0 Å². The maximum Gasteiger partial charge on any atom is 0.319 e. The lowest BCUT2D eigenvalue weighted by atomic mass is 10.1. The first-order chi connectivity index (χ1) is 11.0. The van der Waals surface area contributed by atoms with Gasteiger partial charge in [0.1, 0.15) is 5.75 Å². The van der Waals surface area contributed by atoms with Crippen LogP contribution in [0.2, 0.25) is 0 Å². The summed E-state index contributed by atoms with van der Waals surface area (Å²) in [6.07, 6.45) is 0.373. The van der Waals surface area contributed by atoms with Gasteiger partial charge in [-0.3, -0.25) is 4.79 Å². The average Bonchev–Trinajstić information content (AvgIpc) is 2.64. The molecular formula is C17H25N3O3. The molecule has 3 amide bonds. The Hall–Kier alpha value is -2.24. The predicted octanol–water partition coefficient (Wildman–Crippen LogP) is 2.74. The standard InChI is InChI=1S/C17H25N3O3/c1-5-11(3)20-10-13-9-14(19-17(22)18-6-2)7-8-15(13)23-12(4)16(20)21/h7-9,11-12H,5-6,10H2,1-4H3,(H2,18,19,22). The van der Waals surface area contributed by atoms with Crippen LogP contribution in [0.1, 0.15) is 39.7 Å². The van der Waals surface area contributed by atoms with Crippen molar-refractivity contribution in [1.82, 2.24) is 10.2 Å². The summed E-state index contributed by atoms with van der Waals surface area (Å²) < 4.78 is 5.78. The molecule has 2 atom stereocenters. The van der Waals surface area contributed by atoms with Gasteiger partial charge in [-0.2, -0.15) is 0 Å². The number of nitrogens with zero attached hydrogens (tertiary/aromatic N) is 1. The molecule has 0 spiro atoms. The number of amides is 3. The van der Waals surface area contributed by atoms with Crippen molar-refractivity contribution in [2.24, 2.45) is 0 Å². The van der Waals surface area contributed by atoms with E-state index >= 15 is 0 Å². The third kappa shape index (κ3) is 3.94. The Morgan fingerprint density at radius 1 is 1.43 bits per heavy atom. The van der Waals surface area contributed by atoms with E-state index in [0.29, 0.717) is 24.5 Å². The summed E-state index contributed by atoms with van der Waals surface area (Å²) in [6.45, 7) is 8.77. The van der Waals surface area contributed by atoms with Gasteiger partial charge < -0.3 is 20.3 Å². The van der Waals surface area contributed by atoms with E-state index in [1.807, 2.05) is 24.8 Å². The SMILES string of the molecule is CCNC(=O)Nc1ccc2c(c1)CN(C(C)CC)C(=O)C(C)O2. The number of hydrogen-bond donors (Lipinski definition) is 2. The molecule has 1 aromatic rings. The second kappa shape index (κ2) is 7.35. The summed E-state index contributed by atoms with van der Waals surface area (Å²) in [5.74, 6) is 0.687. The second-order valence-electron chi connectivity index (χ2n) is 5.79. The minimum Gasteiger partial charge on any atom is -0.481 e. The highest BCUT2D eigenvalue weighted by atomic mass is 16.5. The number of urea groups is 1. The number of carbonyl (C=O) groups excluding carboxylic acids is 2. The topological polar surface area (TPSA) is 70.7 Å².